The number of fused-ring (bicyclic) bond motifs is 5. The number of hydrogen-bond donors (Lipinski definition) is 0. The Hall–Kier alpha value is -3.51. The molecule has 0 saturated heterocycles. The van der Waals surface area contributed by atoms with E-state index in [4.69, 9.17) is 0 Å². The summed E-state index contributed by atoms with van der Waals surface area (Å²) in [6, 6.07) is 27.6. The van der Waals surface area contributed by atoms with Crippen molar-refractivity contribution in [3.05, 3.63) is 177 Å². The maximum atomic E-state index is 12.7. The van der Waals surface area contributed by atoms with Crippen LogP contribution in [0.5, 0.6) is 0 Å². The Kier molecular flexibility index (Phi) is 14.8. The van der Waals surface area contributed by atoms with E-state index in [9.17, 15) is 26.3 Å². The van der Waals surface area contributed by atoms with Crippen molar-refractivity contribution >= 4 is 14.4 Å². The predicted octanol–water partition coefficient (Wildman–Crippen LogP) is 8.79. The van der Waals surface area contributed by atoms with Crippen molar-refractivity contribution in [3.63, 3.8) is 0 Å². The third-order valence-corrected chi connectivity index (χ3v) is 13.0. The summed E-state index contributed by atoms with van der Waals surface area (Å²) < 4.78 is 76.7. The minimum atomic E-state index is -4.49. The van der Waals surface area contributed by atoms with Crippen LogP contribution in [0.2, 0.25) is 0 Å². The van der Waals surface area contributed by atoms with E-state index in [0.29, 0.717) is 8.62 Å². The van der Waals surface area contributed by atoms with Crippen LogP contribution in [0.25, 0.3) is 22.3 Å². The van der Waals surface area contributed by atoms with E-state index in [0.717, 1.165) is 61.3 Å². The smallest absolute Gasteiger partial charge is 1.00 e. The Labute approximate surface area is 379 Å². The summed E-state index contributed by atoms with van der Waals surface area (Å²) >= 11 is 0.729. The van der Waals surface area contributed by atoms with Gasteiger partial charge < -0.3 is 24.8 Å². The molecule has 3 aliphatic rings. The molecule has 0 nitrogen and oxygen atoms in total. The van der Waals surface area contributed by atoms with E-state index in [1.807, 2.05) is 0 Å². The van der Waals surface area contributed by atoms with Gasteiger partial charge in [0.2, 0.25) is 0 Å². The fourth-order valence-corrected chi connectivity index (χ4v) is 8.68. The summed E-state index contributed by atoms with van der Waals surface area (Å²) in [6.45, 7) is 20.6. The Morgan fingerprint density at radius 3 is 1.58 bits per heavy atom. The second-order valence-electron chi connectivity index (χ2n) is 18.0. The zero-order valence-electron chi connectivity index (χ0n) is 35.4. The van der Waals surface area contributed by atoms with Crippen LogP contribution in [0, 0.1) is 6.42 Å². The number of hydrogen-bond acceptors (Lipinski definition) is 0. The minimum Gasteiger partial charge on any atom is -1.00 e. The monoisotopic (exact) mass is 936 g/mol. The van der Waals surface area contributed by atoms with Crippen LogP contribution in [0.15, 0.2) is 109 Å². The molecule has 9 heteroatoms. The quantitative estimate of drug-likeness (QED) is 0.120. The molecule has 0 atom stereocenters. The molecule has 0 heterocycles. The van der Waals surface area contributed by atoms with E-state index in [1.54, 1.807) is 0 Å². The molecule has 0 aliphatic heterocycles. The number of rotatable bonds is 2. The first-order valence-electron chi connectivity index (χ1n) is 19.6. The third kappa shape index (κ3) is 10.6. The van der Waals surface area contributed by atoms with E-state index in [1.165, 1.54) is 85.5 Å². The van der Waals surface area contributed by atoms with Gasteiger partial charge in [0.05, 0.1) is 0 Å². The van der Waals surface area contributed by atoms with Crippen molar-refractivity contribution in [2.75, 3.05) is 0 Å². The topological polar surface area (TPSA) is 0 Å². The maximum Gasteiger partial charge on any atom is -1.00 e. The molecule has 0 spiro atoms. The molecule has 0 unspecified atom stereocenters. The van der Waals surface area contributed by atoms with Crippen LogP contribution in [0.4, 0.5) is 26.3 Å². The van der Waals surface area contributed by atoms with Gasteiger partial charge in [0.1, 0.15) is 0 Å². The Morgan fingerprint density at radius 1 is 0.633 bits per heavy atom. The standard InChI is InChI=1S/C27H29.C15H8F6.C9H13.2ClH.Zr/c1-16-7-9-26(3,4)24-12-18-11-19-13-25-21(17(2)8-10-27(25,5)6)15-23(19)22(18)14-20(16)24;16-14(17,18)12-5-1-3-10(8-12)7-11-4-2-6-13(9-11)15(19,20)21;1-9(2,3)8-6-4-5-7-8;;;/h7-9,12-15H,10-11H2,1-6H3;1-6,8-9H;4-7H,1-3H3;2*1H;/q-1;;-1;;;+2/p-2. The van der Waals surface area contributed by atoms with Gasteiger partial charge in [-0.3, -0.25) is 0 Å². The van der Waals surface area contributed by atoms with E-state index < -0.39 is 23.5 Å². The molecule has 60 heavy (non-hydrogen) atoms. The van der Waals surface area contributed by atoms with Crippen LogP contribution < -0.4 is 24.8 Å². The van der Waals surface area contributed by atoms with E-state index >= 15 is 0 Å². The summed E-state index contributed by atoms with van der Waals surface area (Å²) in [5.74, 6) is 0. The van der Waals surface area contributed by atoms with Gasteiger partial charge in [0, 0.05) is 0 Å². The molecule has 0 bridgehead atoms. The molecule has 3 aliphatic carbocycles. The molecule has 0 aromatic heterocycles. The summed E-state index contributed by atoms with van der Waals surface area (Å²) in [4.78, 5) is 0. The van der Waals surface area contributed by atoms with E-state index in [2.05, 4.69) is 129 Å². The van der Waals surface area contributed by atoms with Gasteiger partial charge >= 0.3 is 137 Å². The van der Waals surface area contributed by atoms with Crippen molar-refractivity contribution in [2.24, 2.45) is 0 Å². The number of allylic oxidation sites excluding steroid dienone is 4. The minimum absolute atomic E-state index is 0. The van der Waals surface area contributed by atoms with Crippen molar-refractivity contribution in [1.29, 1.82) is 0 Å². The van der Waals surface area contributed by atoms with Crippen LogP contribution >= 0.6 is 0 Å². The van der Waals surface area contributed by atoms with Gasteiger partial charge in [-0.2, -0.15) is 29.3 Å². The second kappa shape index (κ2) is 18.1. The average Bonchev–Trinajstić information content (AvgIpc) is 3.83. The van der Waals surface area contributed by atoms with Crippen LogP contribution in [-0.4, -0.2) is 3.21 Å². The normalized spacial score (nSPS) is 15.6. The molecule has 0 N–H and O–H groups in total. The van der Waals surface area contributed by atoms with Crippen molar-refractivity contribution in [2.45, 2.75) is 104 Å². The van der Waals surface area contributed by atoms with Crippen LogP contribution in [0.3, 0.4) is 0 Å². The largest absolute Gasteiger partial charge is 1.00 e. The van der Waals surface area contributed by atoms with Gasteiger partial charge in [0.25, 0.3) is 0 Å². The molecule has 316 valence electrons. The molecule has 0 amide bonds. The number of alkyl halides is 6. The first-order valence-corrected chi connectivity index (χ1v) is 20.8. The summed E-state index contributed by atoms with van der Waals surface area (Å²) in [6.07, 6.45) is 0.313. The van der Waals surface area contributed by atoms with E-state index in [-0.39, 0.29) is 46.8 Å². The predicted molar refractivity (Wildman–Crippen MR) is 224 cm³/mol. The van der Waals surface area contributed by atoms with Gasteiger partial charge in [-0.05, 0) is 70.2 Å². The third-order valence-electron chi connectivity index (χ3n) is 11.6. The number of halogens is 8. The summed E-state index contributed by atoms with van der Waals surface area (Å²) in [7, 11) is 0. The molecule has 0 fully saturated rings. The molecule has 0 saturated carbocycles. The fraction of sp³-hybridized carbons (Fsp3) is 0.314. The summed E-state index contributed by atoms with van der Waals surface area (Å²) in [5.41, 5.74) is 15.6. The first kappa shape index (κ1) is 49.2. The Bertz CT molecular complexity index is 2270. The molecule has 0 radical (unpaired) electrons. The Balaban J connectivity index is 0.000000217. The van der Waals surface area contributed by atoms with Gasteiger partial charge in [0.15, 0.2) is 0 Å². The maximum absolute atomic E-state index is 12.7. The van der Waals surface area contributed by atoms with Crippen molar-refractivity contribution < 1.29 is 75.4 Å². The van der Waals surface area contributed by atoms with Crippen LogP contribution in [0.1, 0.15) is 130 Å². The van der Waals surface area contributed by atoms with Gasteiger partial charge in [-0.15, -0.1) is 12.5 Å². The van der Waals surface area contributed by atoms with Gasteiger partial charge in [-0.25, -0.2) is 18.6 Å². The molecular formula is C51H50Cl2F6Zr-2. The molecule has 5 aromatic carbocycles. The SMILES string of the molecule is CC(C)(C)c1cc[cH-]c1.CC1=C[CH-]C(C)(C)c2cc3c(cc21)-c1cc2c(cc1C3)C(C)(C)CC=C2C.FC(F)(F)c1cccc([C](=[Zr+2])c2cccc(C(F)(F)F)c2)c1.[Cl-].[Cl-]. The van der Waals surface area contributed by atoms with Crippen LogP contribution in [-0.2, 0) is 59.3 Å². The van der Waals surface area contributed by atoms with Gasteiger partial charge in [-0.1, -0.05) is 89.1 Å². The average molecular weight is 939 g/mol. The van der Waals surface area contributed by atoms with Crippen molar-refractivity contribution in [1.82, 2.24) is 0 Å². The zero-order valence-corrected chi connectivity index (χ0v) is 39.4. The molecule has 8 rings (SSSR count). The first-order chi connectivity index (χ1) is 26.9. The zero-order chi connectivity index (χ0) is 42.6. The second-order valence-corrected chi connectivity index (χ2v) is 19.2. The number of benzene rings is 4. The molecule has 5 aromatic rings. The molecular weight excluding hydrogens is 889 g/mol. The fourth-order valence-electron chi connectivity index (χ4n) is 7.92. The Morgan fingerprint density at radius 2 is 1.13 bits per heavy atom. The summed E-state index contributed by atoms with van der Waals surface area (Å²) in [5, 5.41) is 0. The van der Waals surface area contributed by atoms with Crippen molar-refractivity contribution in [3.8, 4) is 11.1 Å².